The SMILES string of the molecule is C=CC(=O)Nc1ccc2c(S(=O)(=O)[O-])cc(S(=O)(=O)[O-])cc2c1.[K+].[K+]. The number of fused-ring (bicyclic) bond motifs is 1. The zero-order valence-corrected chi connectivity index (χ0v) is 21.2. The summed E-state index contributed by atoms with van der Waals surface area (Å²) in [7, 11) is -9.98. The monoisotopic (exact) mass is 433 g/mol. The molecule has 0 heterocycles. The fraction of sp³-hybridized carbons (Fsp3) is 0. The number of nitrogens with one attached hydrogen (secondary N) is 1. The molecule has 2 rings (SSSR count). The third kappa shape index (κ3) is 6.83. The Hall–Kier alpha value is 1.00. The van der Waals surface area contributed by atoms with Crippen molar-refractivity contribution in [1.29, 1.82) is 0 Å². The van der Waals surface area contributed by atoms with E-state index in [0.717, 1.165) is 12.1 Å². The van der Waals surface area contributed by atoms with Crippen LogP contribution in [0.2, 0.25) is 0 Å². The summed E-state index contributed by atoms with van der Waals surface area (Å²) in [6, 6.07) is 5.23. The number of benzene rings is 2. The van der Waals surface area contributed by atoms with Gasteiger partial charge in [0.25, 0.3) is 0 Å². The Morgan fingerprint density at radius 2 is 1.60 bits per heavy atom. The summed E-state index contributed by atoms with van der Waals surface area (Å²) in [5.41, 5.74) is 0.206. The van der Waals surface area contributed by atoms with Gasteiger partial charge in [0.2, 0.25) is 5.91 Å². The van der Waals surface area contributed by atoms with Gasteiger partial charge in [-0.1, -0.05) is 12.6 Å². The van der Waals surface area contributed by atoms with Gasteiger partial charge in [0, 0.05) is 5.69 Å². The van der Waals surface area contributed by atoms with Gasteiger partial charge in [-0.3, -0.25) is 4.79 Å². The van der Waals surface area contributed by atoms with Crippen LogP contribution in [0.25, 0.3) is 10.8 Å². The van der Waals surface area contributed by atoms with Crippen LogP contribution in [-0.2, 0) is 25.0 Å². The fourth-order valence-electron chi connectivity index (χ4n) is 1.93. The Balaban J connectivity index is 0.00000288. The first-order valence-corrected chi connectivity index (χ1v) is 8.77. The molecule has 8 nitrogen and oxygen atoms in total. The van der Waals surface area contributed by atoms with E-state index in [-0.39, 0.29) is 119 Å². The van der Waals surface area contributed by atoms with Gasteiger partial charge in [0.1, 0.15) is 20.2 Å². The van der Waals surface area contributed by atoms with E-state index < -0.39 is 35.9 Å². The minimum absolute atomic E-state index is 0. The summed E-state index contributed by atoms with van der Waals surface area (Å²) >= 11 is 0. The van der Waals surface area contributed by atoms with E-state index in [4.69, 9.17) is 0 Å². The first-order valence-electron chi connectivity index (χ1n) is 5.95. The van der Waals surface area contributed by atoms with Crippen molar-refractivity contribution in [2.75, 3.05) is 5.32 Å². The van der Waals surface area contributed by atoms with Crippen molar-refractivity contribution in [3.63, 3.8) is 0 Å². The van der Waals surface area contributed by atoms with E-state index >= 15 is 0 Å². The largest absolute Gasteiger partial charge is 1.00 e. The molecule has 0 aromatic heterocycles. The van der Waals surface area contributed by atoms with Crippen molar-refractivity contribution in [2.24, 2.45) is 0 Å². The van der Waals surface area contributed by atoms with E-state index in [1.165, 1.54) is 18.2 Å². The van der Waals surface area contributed by atoms with Gasteiger partial charge in [-0.15, -0.1) is 0 Å². The number of hydrogen-bond acceptors (Lipinski definition) is 7. The average molecular weight is 434 g/mol. The Kier molecular flexibility index (Phi) is 10.4. The summed E-state index contributed by atoms with van der Waals surface area (Å²) < 4.78 is 67.3. The average Bonchev–Trinajstić information content (AvgIpc) is 2.43. The molecular weight excluding hydrogens is 424 g/mol. The quantitative estimate of drug-likeness (QED) is 0.288. The minimum atomic E-state index is -5.01. The molecule has 0 radical (unpaired) electrons. The molecule has 0 fully saturated rings. The van der Waals surface area contributed by atoms with E-state index in [9.17, 15) is 30.7 Å². The molecule has 0 aliphatic rings. The molecule has 122 valence electrons. The van der Waals surface area contributed by atoms with Crippen LogP contribution in [-0.4, -0.2) is 31.8 Å². The van der Waals surface area contributed by atoms with Crippen LogP contribution in [0.3, 0.4) is 0 Å². The van der Waals surface area contributed by atoms with Crippen LogP contribution in [0.15, 0.2) is 52.8 Å². The molecule has 0 unspecified atom stereocenters. The third-order valence-corrected chi connectivity index (χ3v) is 4.59. The van der Waals surface area contributed by atoms with Crippen molar-refractivity contribution < 1.29 is 134 Å². The predicted molar refractivity (Wildman–Crippen MR) is 78.7 cm³/mol. The third-order valence-electron chi connectivity index (χ3n) is 2.90. The van der Waals surface area contributed by atoms with Crippen LogP contribution in [0.5, 0.6) is 0 Å². The predicted octanol–water partition coefficient (Wildman–Crippen LogP) is -5.22. The van der Waals surface area contributed by atoms with E-state index in [1.807, 2.05) is 0 Å². The molecule has 1 amide bonds. The Morgan fingerprint density at radius 3 is 2.08 bits per heavy atom. The first kappa shape index (κ1) is 26.0. The van der Waals surface area contributed by atoms with Gasteiger partial charge in [-0.25, -0.2) is 16.8 Å². The van der Waals surface area contributed by atoms with Gasteiger partial charge in [-0.2, -0.15) is 0 Å². The molecule has 1 N–H and O–H groups in total. The van der Waals surface area contributed by atoms with Crippen LogP contribution in [0.1, 0.15) is 0 Å². The molecule has 0 spiro atoms. The van der Waals surface area contributed by atoms with Crippen LogP contribution < -0.4 is 108 Å². The zero-order valence-electron chi connectivity index (χ0n) is 13.3. The normalized spacial score (nSPS) is 11.1. The molecule has 2 aromatic rings. The molecule has 25 heavy (non-hydrogen) atoms. The second kappa shape index (κ2) is 9.97. The summed E-state index contributed by atoms with van der Waals surface area (Å²) in [6.45, 7) is 3.26. The summed E-state index contributed by atoms with van der Waals surface area (Å²) in [5, 5.41) is 2.32. The van der Waals surface area contributed by atoms with Crippen molar-refractivity contribution in [3.8, 4) is 0 Å². The second-order valence-electron chi connectivity index (χ2n) is 4.46. The molecule has 2 aromatic carbocycles. The van der Waals surface area contributed by atoms with Gasteiger partial charge < -0.3 is 14.4 Å². The van der Waals surface area contributed by atoms with E-state index in [1.54, 1.807) is 0 Å². The second-order valence-corrected chi connectivity index (χ2v) is 7.19. The van der Waals surface area contributed by atoms with Crippen LogP contribution in [0.4, 0.5) is 5.69 Å². The summed E-state index contributed by atoms with van der Waals surface area (Å²) in [6.07, 6.45) is 0.996. The van der Waals surface area contributed by atoms with Crippen molar-refractivity contribution in [3.05, 3.63) is 43.0 Å². The maximum Gasteiger partial charge on any atom is 1.00 e. The van der Waals surface area contributed by atoms with Gasteiger partial charge in [0.05, 0.1) is 9.79 Å². The van der Waals surface area contributed by atoms with Crippen LogP contribution >= 0.6 is 0 Å². The van der Waals surface area contributed by atoms with E-state index in [0.29, 0.717) is 6.07 Å². The Bertz CT molecular complexity index is 1030. The maximum atomic E-state index is 11.3. The van der Waals surface area contributed by atoms with E-state index in [2.05, 4.69) is 11.9 Å². The van der Waals surface area contributed by atoms with Crippen LogP contribution in [0, 0.1) is 0 Å². The molecule has 0 atom stereocenters. The minimum Gasteiger partial charge on any atom is -0.744 e. The fourth-order valence-corrected chi connectivity index (χ4v) is 3.27. The Morgan fingerprint density at radius 1 is 1.00 bits per heavy atom. The number of carbonyl (C=O) groups excluding carboxylic acids is 1. The number of anilines is 1. The molecule has 12 heteroatoms. The summed E-state index contributed by atoms with van der Waals surface area (Å²) in [5.74, 6) is -0.548. The molecule has 0 aliphatic heterocycles. The maximum absolute atomic E-state index is 11.3. The first-order chi connectivity index (χ1) is 10.5. The zero-order chi connectivity index (χ0) is 17.4. The van der Waals surface area contributed by atoms with Crippen molar-refractivity contribution >= 4 is 42.6 Å². The standard InChI is InChI=1S/C13H11NO7S2.2K/c1-2-13(15)14-9-3-4-11-8(5-9)6-10(22(16,17)18)7-12(11)23(19,20)21;;/h2-7H,1H2,(H,14,15)(H,16,17,18)(H,19,20,21);;/q;2*+1/p-2. The molecule has 0 saturated heterocycles. The molecule has 0 bridgehead atoms. The number of hydrogen-bond donors (Lipinski definition) is 1. The van der Waals surface area contributed by atoms with Crippen molar-refractivity contribution in [1.82, 2.24) is 0 Å². The van der Waals surface area contributed by atoms with Gasteiger partial charge in [0.15, 0.2) is 0 Å². The van der Waals surface area contributed by atoms with Crippen molar-refractivity contribution in [2.45, 2.75) is 9.79 Å². The molecule has 0 aliphatic carbocycles. The topological polar surface area (TPSA) is 144 Å². The number of carbonyl (C=O) groups is 1. The molecule has 0 saturated carbocycles. The van der Waals surface area contributed by atoms with Gasteiger partial charge in [-0.05, 0) is 41.1 Å². The van der Waals surface area contributed by atoms with Gasteiger partial charge >= 0.3 is 103 Å². The smallest absolute Gasteiger partial charge is 0.744 e. The summed E-state index contributed by atoms with van der Waals surface area (Å²) in [4.78, 5) is 9.57. The number of amides is 1. The Labute approximate surface area is 229 Å². The molecular formula is C13H9K2NO7S2. The number of rotatable bonds is 4.